The van der Waals surface area contributed by atoms with E-state index in [2.05, 4.69) is 27.8 Å². The molecule has 1 aromatic heterocycles. The predicted octanol–water partition coefficient (Wildman–Crippen LogP) is 3.44. The molecular weight excluding hydrogens is 270 g/mol. The molecule has 0 fully saturated rings. The molecule has 1 aromatic carbocycles. The van der Waals surface area contributed by atoms with Crippen molar-refractivity contribution >= 4 is 23.5 Å². The summed E-state index contributed by atoms with van der Waals surface area (Å²) in [6, 6.07) is 11.7. The third kappa shape index (κ3) is 2.93. The van der Waals surface area contributed by atoms with Gasteiger partial charge in [0.1, 0.15) is 0 Å². The van der Waals surface area contributed by atoms with Crippen molar-refractivity contribution in [2.24, 2.45) is 0 Å². The fourth-order valence-corrected chi connectivity index (χ4v) is 3.38. The lowest BCUT2D eigenvalue weighted by atomic mass is 10.0. The Balaban J connectivity index is 1.68. The molecule has 0 bridgehead atoms. The van der Waals surface area contributed by atoms with E-state index in [0.717, 1.165) is 12.2 Å². The smallest absolute Gasteiger partial charge is 0.319 e. The van der Waals surface area contributed by atoms with Crippen molar-refractivity contribution in [1.82, 2.24) is 10.3 Å². The average Bonchev–Trinajstić information content (AvgIpc) is 2.48. The van der Waals surface area contributed by atoms with Gasteiger partial charge in [-0.1, -0.05) is 18.2 Å². The Morgan fingerprint density at radius 1 is 1.25 bits per heavy atom. The fraction of sp³-hybridized carbons (Fsp3) is 0.200. The van der Waals surface area contributed by atoms with Gasteiger partial charge in [0.2, 0.25) is 0 Å². The standard InChI is InChI=1S/C15H15N3OS/c19-15(17-11-4-3-8-16-10-11)18-13-7-9-20-14-6-2-1-5-12(13)14/h1-6,8,10,13H,7,9H2,(H2,17,18,19)/t13-/m1/s1. The molecule has 5 heteroatoms. The van der Waals surface area contributed by atoms with Gasteiger partial charge in [-0.2, -0.15) is 0 Å². The van der Waals surface area contributed by atoms with Crippen molar-refractivity contribution in [2.75, 3.05) is 11.1 Å². The Bertz CT molecular complexity index is 603. The van der Waals surface area contributed by atoms with Crippen LogP contribution in [0, 0.1) is 0 Å². The van der Waals surface area contributed by atoms with E-state index in [-0.39, 0.29) is 12.1 Å². The lowest BCUT2D eigenvalue weighted by molar-refractivity contribution is 0.248. The lowest BCUT2D eigenvalue weighted by Crippen LogP contribution is -2.34. The van der Waals surface area contributed by atoms with Gasteiger partial charge in [0.25, 0.3) is 0 Å². The zero-order chi connectivity index (χ0) is 13.8. The molecule has 102 valence electrons. The lowest BCUT2D eigenvalue weighted by Gasteiger charge is -2.25. The van der Waals surface area contributed by atoms with E-state index >= 15 is 0 Å². The van der Waals surface area contributed by atoms with Crippen molar-refractivity contribution in [2.45, 2.75) is 17.4 Å². The molecule has 2 N–H and O–H groups in total. The molecule has 2 aromatic rings. The number of hydrogen-bond acceptors (Lipinski definition) is 3. The molecule has 0 saturated carbocycles. The summed E-state index contributed by atoms with van der Waals surface area (Å²) in [7, 11) is 0. The van der Waals surface area contributed by atoms with Gasteiger partial charge in [0, 0.05) is 16.8 Å². The van der Waals surface area contributed by atoms with Crippen molar-refractivity contribution < 1.29 is 4.79 Å². The Hall–Kier alpha value is -2.01. The Labute approximate surface area is 122 Å². The zero-order valence-electron chi connectivity index (χ0n) is 10.9. The first-order valence-electron chi connectivity index (χ1n) is 6.52. The largest absolute Gasteiger partial charge is 0.331 e. The molecule has 1 aliphatic rings. The van der Waals surface area contributed by atoms with Gasteiger partial charge in [-0.15, -0.1) is 11.8 Å². The van der Waals surface area contributed by atoms with E-state index in [1.54, 1.807) is 18.5 Å². The molecule has 4 nitrogen and oxygen atoms in total. The number of anilines is 1. The number of amides is 2. The number of carbonyl (C=O) groups is 1. The van der Waals surface area contributed by atoms with Crippen molar-refractivity contribution in [3.8, 4) is 0 Å². The van der Waals surface area contributed by atoms with E-state index in [1.165, 1.54) is 10.5 Å². The third-order valence-electron chi connectivity index (χ3n) is 3.18. The summed E-state index contributed by atoms with van der Waals surface area (Å²) >= 11 is 1.84. The van der Waals surface area contributed by atoms with E-state index < -0.39 is 0 Å². The molecule has 0 unspecified atom stereocenters. The van der Waals surface area contributed by atoms with Gasteiger partial charge < -0.3 is 10.6 Å². The van der Waals surface area contributed by atoms with E-state index in [4.69, 9.17) is 0 Å². The monoisotopic (exact) mass is 285 g/mol. The summed E-state index contributed by atoms with van der Waals surface area (Å²) < 4.78 is 0. The van der Waals surface area contributed by atoms with Crippen molar-refractivity contribution in [1.29, 1.82) is 0 Å². The Kier molecular flexibility index (Phi) is 3.87. The van der Waals surface area contributed by atoms with Crippen LogP contribution in [0.1, 0.15) is 18.0 Å². The van der Waals surface area contributed by atoms with E-state index in [0.29, 0.717) is 5.69 Å². The highest BCUT2D eigenvalue weighted by Gasteiger charge is 2.21. The predicted molar refractivity (Wildman–Crippen MR) is 80.9 cm³/mol. The number of benzene rings is 1. The van der Waals surface area contributed by atoms with Gasteiger partial charge in [-0.3, -0.25) is 4.98 Å². The normalized spacial score (nSPS) is 17.1. The summed E-state index contributed by atoms with van der Waals surface area (Å²) in [6.07, 6.45) is 4.25. The Morgan fingerprint density at radius 3 is 3.00 bits per heavy atom. The van der Waals surface area contributed by atoms with Crippen LogP contribution >= 0.6 is 11.8 Å². The summed E-state index contributed by atoms with van der Waals surface area (Å²) in [5.41, 5.74) is 1.90. The number of hydrogen-bond donors (Lipinski definition) is 2. The minimum Gasteiger partial charge on any atom is -0.331 e. The van der Waals surface area contributed by atoms with Crippen LogP contribution in [0.3, 0.4) is 0 Å². The maximum Gasteiger partial charge on any atom is 0.319 e. The van der Waals surface area contributed by atoms with Crippen LogP contribution in [0.4, 0.5) is 10.5 Å². The van der Waals surface area contributed by atoms with E-state index in [1.807, 2.05) is 30.0 Å². The first kappa shape index (κ1) is 13.0. The molecule has 0 radical (unpaired) electrons. The molecule has 20 heavy (non-hydrogen) atoms. The highest BCUT2D eigenvalue weighted by atomic mass is 32.2. The molecular formula is C15H15N3OS. The van der Waals surface area contributed by atoms with Gasteiger partial charge in [-0.05, 0) is 30.2 Å². The number of carbonyl (C=O) groups excluding carboxylic acids is 1. The molecule has 0 spiro atoms. The summed E-state index contributed by atoms with van der Waals surface area (Å²) in [5.74, 6) is 1.02. The molecule has 1 atom stereocenters. The topological polar surface area (TPSA) is 54.0 Å². The van der Waals surface area contributed by atoms with Crippen LogP contribution in [-0.2, 0) is 0 Å². The number of thioether (sulfide) groups is 1. The Morgan fingerprint density at radius 2 is 2.15 bits per heavy atom. The molecule has 0 aliphatic carbocycles. The number of rotatable bonds is 2. The van der Waals surface area contributed by atoms with Crippen LogP contribution in [0.15, 0.2) is 53.7 Å². The number of nitrogens with zero attached hydrogens (tertiary/aromatic N) is 1. The second-order valence-corrected chi connectivity index (χ2v) is 5.70. The minimum absolute atomic E-state index is 0.0733. The summed E-state index contributed by atoms with van der Waals surface area (Å²) in [5, 5.41) is 5.83. The summed E-state index contributed by atoms with van der Waals surface area (Å²) in [6.45, 7) is 0. The highest BCUT2D eigenvalue weighted by molar-refractivity contribution is 7.99. The number of nitrogens with one attached hydrogen (secondary N) is 2. The maximum absolute atomic E-state index is 12.0. The van der Waals surface area contributed by atoms with Crippen LogP contribution in [0.2, 0.25) is 0 Å². The highest BCUT2D eigenvalue weighted by Crippen LogP contribution is 2.35. The fourth-order valence-electron chi connectivity index (χ4n) is 2.25. The maximum atomic E-state index is 12.0. The first-order valence-corrected chi connectivity index (χ1v) is 7.51. The number of urea groups is 1. The number of fused-ring (bicyclic) bond motifs is 1. The van der Waals surface area contributed by atoms with Gasteiger partial charge in [-0.25, -0.2) is 4.79 Å². The van der Waals surface area contributed by atoms with Gasteiger partial charge in [0.15, 0.2) is 0 Å². The molecule has 1 aliphatic heterocycles. The second kappa shape index (κ2) is 5.96. The molecule has 0 saturated heterocycles. The van der Waals surface area contributed by atoms with Crippen LogP contribution in [-0.4, -0.2) is 16.8 Å². The van der Waals surface area contributed by atoms with Gasteiger partial charge in [0.05, 0.1) is 17.9 Å². The SMILES string of the molecule is O=C(Nc1cccnc1)N[C@@H]1CCSc2ccccc21. The first-order chi connectivity index (χ1) is 9.83. The molecule has 3 rings (SSSR count). The number of aromatic nitrogens is 1. The number of pyridine rings is 1. The van der Waals surface area contributed by atoms with Crippen LogP contribution < -0.4 is 10.6 Å². The zero-order valence-corrected chi connectivity index (χ0v) is 11.7. The average molecular weight is 285 g/mol. The minimum atomic E-state index is -0.190. The van der Waals surface area contributed by atoms with Crippen LogP contribution in [0.25, 0.3) is 0 Å². The molecule has 2 heterocycles. The van der Waals surface area contributed by atoms with Gasteiger partial charge >= 0.3 is 6.03 Å². The van der Waals surface area contributed by atoms with Crippen LogP contribution in [0.5, 0.6) is 0 Å². The quantitative estimate of drug-likeness (QED) is 0.888. The third-order valence-corrected chi connectivity index (χ3v) is 4.31. The van der Waals surface area contributed by atoms with Crippen molar-refractivity contribution in [3.63, 3.8) is 0 Å². The van der Waals surface area contributed by atoms with E-state index in [9.17, 15) is 4.79 Å². The van der Waals surface area contributed by atoms with Crippen molar-refractivity contribution in [3.05, 3.63) is 54.4 Å². The molecule has 2 amide bonds. The second-order valence-electron chi connectivity index (χ2n) is 4.57. The summed E-state index contributed by atoms with van der Waals surface area (Å²) in [4.78, 5) is 17.3.